The van der Waals surface area contributed by atoms with E-state index in [2.05, 4.69) is 4.98 Å². The molecule has 0 aliphatic heterocycles. The highest BCUT2D eigenvalue weighted by Gasteiger charge is 2.09. The summed E-state index contributed by atoms with van der Waals surface area (Å²) in [6.45, 7) is 2.03. The lowest BCUT2D eigenvalue weighted by molar-refractivity contribution is -0.130. The maximum absolute atomic E-state index is 11.7. The van der Waals surface area contributed by atoms with Crippen LogP contribution in [0.4, 0.5) is 0 Å². The van der Waals surface area contributed by atoms with Crippen molar-refractivity contribution in [2.24, 2.45) is 0 Å². The van der Waals surface area contributed by atoms with Gasteiger partial charge in [0.1, 0.15) is 6.54 Å². The maximum Gasteiger partial charge on any atom is 0.253 e. The average molecular weight is 234 g/mol. The second kappa shape index (κ2) is 5.80. The third-order valence-corrected chi connectivity index (χ3v) is 2.31. The normalized spacial score (nSPS) is 9.71. The second-order valence-corrected chi connectivity index (χ2v) is 3.72. The van der Waals surface area contributed by atoms with Crippen LogP contribution in [0.3, 0.4) is 0 Å². The van der Waals surface area contributed by atoms with Gasteiger partial charge in [-0.05, 0) is 6.92 Å². The van der Waals surface area contributed by atoms with Crippen LogP contribution in [0.15, 0.2) is 17.2 Å². The fourth-order valence-electron chi connectivity index (χ4n) is 1.24. The fraction of sp³-hybridized carbons (Fsp3) is 0.455. The Morgan fingerprint density at radius 1 is 1.65 bits per heavy atom. The van der Waals surface area contributed by atoms with Crippen molar-refractivity contribution in [2.75, 3.05) is 13.6 Å². The highest BCUT2D eigenvalue weighted by Crippen LogP contribution is 1.92. The minimum absolute atomic E-state index is 0.0476. The van der Waals surface area contributed by atoms with E-state index in [1.807, 2.05) is 6.07 Å². The predicted octanol–water partition coefficient (Wildman–Crippen LogP) is -0.0762. The number of nitrogens with zero attached hydrogens (tertiary/aromatic N) is 4. The lowest BCUT2D eigenvalue weighted by Gasteiger charge is -2.15. The molecule has 90 valence electrons. The van der Waals surface area contributed by atoms with Crippen LogP contribution in [0.1, 0.15) is 12.1 Å². The van der Waals surface area contributed by atoms with Gasteiger partial charge in [0.05, 0.1) is 18.8 Å². The zero-order chi connectivity index (χ0) is 12.8. The van der Waals surface area contributed by atoms with Gasteiger partial charge >= 0.3 is 0 Å². The van der Waals surface area contributed by atoms with Crippen LogP contribution in [0.5, 0.6) is 0 Å². The first-order chi connectivity index (χ1) is 8.04. The molecule has 0 aliphatic rings. The molecule has 1 heterocycles. The summed E-state index contributed by atoms with van der Waals surface area (Å²) in [7, 11) is 1.60. The molecule has 17 heavy (non-hydrogen) atoms. The average Bonchev–Trinajstić information content (AvgIpc) is 2.29. The van der Waals surface area contributed by atoms with Crippen LogP contribution in [0, 0.1) is 18.3 Å². The third kappa shape index (κ3) is 3.72. The van der Waals surface area contributed by atoms with E-state index >= 15 is 0 Å². The molecule has 0 spiro atoms. The summed E-state index contributed by atoms with van der Waals surface area (Å²) < 4.78 is 1.25. The summed E-state index contributed by atoms with van der Waals surface area (Å²) in [5.74, 6) is -0.215. The standard InChI is InChI=1S/C11H14N4O2/c1-9-6-10(16)15(8-13-9)7-11(17)14(2)5-3-4-12/h6,8H,3,5,7H2,1-2H3. The molecule has 0 unspecified atom stereocenters. The molecule has 0 N–H and O–H groups in total. The number of hydrogen-bond acceptors (Lipinski definition) is 4. The molecule has 0 atom stereocenters. The topological polar surface area (TPSA) is 79.0 Å². The quantitative estimate of drug-likeness (QED) is 0.730. The first-order valence-corrected chi connectivity index (χ1v) is 5.18. The number of hydrogen-bond donors (Lipinski definition) is 0. The Morgan fingerprint density at radius 3 is 2.94 bits per heavy atom. The molecular weight excluding hydrogens is 220 g/mol. The maximum atomic E-state index is 11.7. The summed E-state index contributed by atoms with van der Waals surface area (Å²) >= 11 is 0. The Kier molecular flexibility index (Phi) is 4.40. The smallest absolute Gasteiger partial charge is 0.253 e. The number of aromatic nitrogens is 2. The van der Waals surface area contributed by atoms with Gasteiger partial charge in [-0.3, -0.25) is 14.2 Å². The van der Waals surface area contributed by atoms with E-state index in [9.17, 15) is 9.59 Å². The lowest BCUT2D eigenvalue weighted by Crippen LogP contribution is -2.34. The molecule has 0 radical (unpaired) electrons. The van der Waals surface area contributed by atoms with Crippen LogP contribution in [-0.2, 0) is 11.3 Å². The Bertz CT molecular complexity index is 501. The van der Waals surface area contributed by atoms with Gasteiger partial charge in [-0.25, -0.2) is 4.98 Å². The summed E-state index contributed by atoms with van der Waals surface area (Å²) in [4.78, 5) is 28.6. The minimum Gasteiger partial charge on any atom is -0.343 e. The van der Waals surface area contributed by atoms with Crippen molar-refractivity contribution in [2.45, 2.75) is 19.9 Å². The summed E-state index contributed by atoms with van der Waals surface area (Å²) in [5, 5.41) is 8.41. The Balaban J connectivity index is 2.68. The molecule has 1 amide bonds. The number of rotatable bonds is 4. The Hall–Kier alpha value is -2.16. The van der Waals surface area contributed by atoms with Crippen LogP contribution in [0.25, 0.3) is 0 Å². The summed E-state index contributed by atoms with van der Waals surface area (Å²) in [6.07, 6.45) is 1.64. The van der Waals surface area contributed by atoms with E-state index in [1.54, 1.807) is 14.0 Å². The molecule has 0 bridgehead atoms. The molecule has 1 aromatic heterocycles. The van der Waals surface area contributed by atoms with Crippen LogP contribution < -0.4 is 5.56 Å². The van der Waals surface area contributed by atoms with Gasteiger partial charge in [0.15, 0.2) is 0 Å². The number of carbonyl (C=O) groups excluding carboxylic acids is 1. The van der Waals surface area contributed by atoms with Gasteiger partial charge in [-0.2, -0.15) is 5.26 Å². The largest absolute Gasteiger partial charge is 0.343 e. The van der Waals surface area contributed by atoms with E-state index in [4.69, 9.17) is 5.26 Å². The Labute approximate surface area is 99.1 Å². The number of carbonyl (C=O) groups is 1. The van der Waals surface area contributed by atoms with E-state index in [0.717, 1.165) is 0 Å². The fourth-order valence-corrected chi connectivity index (χ4v) is 1.24. The van der Waals surface area contributed by atoms with Crippen molar-refractivity contribution in [3.05, 3.63) is 28.4 Å². The first-order valence-electron chi connectivity index (χ1n) is 5.18. The molecule has 6 nitrogen and oxygen atoms in total. The molecule has 0 aromatic carbocycles. The minimum atomic E-state index is -0.250. The monoisotopic (exact) mass is 234 g/mol. The lowest BCUT2D eigenvalue weighted by atomic mass is 10.4. The van der Waals surface area contributed by atoms with E-state index in [0.29, 0.717) is 12.2 Å². The van der Waals surface area contributed by atoms with Crippen molar-refractivity contribution in [3.63, 3.8) is 0 Å². The van der Waals surface area contributed by atoms with Crippen molar-refractivity contribution in [1.82, 2.24) is 14.5 Å². The number of likely N-dealkylation sites (N-methyl/N-ethyl adjacent to an activating group) is 1. The van der Waals surface area contributed by atoms with E-state index < -0.39 is 0 Å². The van der Waals surface area contributed by atoms with Crippen LogP contribution >= 0.6 is 0 Å². The molecular formula is C11H14N4O2. The Morgan fingerprint density at radius 2 is 2.35 bits per heavy atom. The highest BCUT2D eigenvalue weighted by molar-refractivity contribution is 5.75. The SMILES string of the molecule is Cc1cc(=O)n(CC(=O)N(C)CCC#N)cn1. The molecule has 6 heteroatoms. The van der Waals surface area contributed by atoms with Gasteiger partial charge in [0.2, 0.25) is 5.91 Å². The molecule has 0 aliphatic carbocycles. The molecule has 0 saturated carbocycles. The number of amides is 1. The van der Waals surface area contributed by atoms with Crippen molar-refractivity contribution >= 4 is 5.91 Å². The van der Waals surface area contributed by atoms with Crippen LogP contribution in [-0.4, -0.2) is 34.0 Å². The van der Waals surface area contributed by atoms with Crippen molar-refractivity contribution < 1.29 is 4.79 Å². The van der Waals surface area contributed by atoms with Crippen molar-refractivity contribution in [1.29, 1.82) is 5.26 Å². The van der Waals surface area contributed by atoms with Crippen LogP contribution in [0.2, 0.25) is 0 Å². The summed E-state index contributed by atoms with van der Waals surface area (Å²) in [6, 6.07) is 3.34. The third-order valence-electron chi connectivity index (χ3n) is 2.31. The molecule has 0 saturated heterocycles. The van der Waals surface area contributed by atoms with Gasteiger partial charge in [0.25, 0.3) is 5.56 Å². The molecule has 1 rings (SSSR count). The van der Waals surface area contributed by atoms with Gasteiger partial charge in [-0.15, -0.1) is 0 Å². The second-order valence-electron chi connectivity index (χ2n) is 3.72. The highest BCUT2D eigenvalue weighted by atomic mass is 16.2. The van der Waals surface area contributed by atoms with E-state index in [-0.39, 0.29) is 24.4 Å². The van der Waals surface area contributed by atoms with Gasteiger partial charge in [-0.1, -0.05) is 0 Å². The zero-order valence-corrected chi connectivity index (χ0v) is 9.88. The van der Waals surface area contributed by atoms with Gasteiger partial charge < -0.3 is 4.90 Å². The molecule has 1 aromatic rings. The number of nitriles is 1. The zero-order valence-electron chi connectivity index (χ0n) is 9.88. The van der Waals surface area contributed by atoms with Gasteiger partial charge in [0, 0.05) is 25.4 Å². The summed E-state index contributed by atoms with van der Waals surface area (Å²) in [5.41, 5.74) is 0.371. The van der Waals surface area contributed by atoms with E-state index in [1.165, 1.54) is 21.9 Å². The number of aryl methyl sites for hydroxylation is 1. The predicted molar refractivity (Wildman–Crippen MR) is 61.1 cm³/mol. The molecule has 0 fully saturated rings. The van der Waals surface area contributed by atoms with Crippen molar-refractivity contribution in [3.8, 4) is 6.07 Å². The first kappa shape index (κ1) is 12.9.